The van der Waals surface area contributed by atoms with Crippen LogP contribution < -0.4 is 10.2 Å². The smallest absolute Gasteiger partial charge is 0.150 e. The molecular formula is C21H22N4O2. The average Bonchev–Trinajstić information content (AvgIpc) is 2.68. The van der Waals surface area contributed by atoms with Crippen LogP contribution in [0, 0.1) is 6.92 Å². The summed E-state index contributed by atoms with van der Waals surface area (Å²) < 4.78 is 5.50. The number of nitrogens with zero attached hydrogens (tertiary/aromatic N) is 3. The molecule has 0 unspecified atom stereocenters. The molecule has 3 rings (SSSR count). The van der Waals surface area contributed by atoms with Gasteiger partial charge in [0.05, 0.1) is 18.5 Å². The van der Waals surface area contributed by atoms with Crippen LogP contribution in [-0.4, -0.2) is 27.9 Å². The molecule has 2 N–H and O–H groups in total. The van der Waals surface area contributed by atoms with Crippen LogP contribution in [0.3, 0.4) is 0 Å². The fourth-order valence-corrected chi connectivity index (χ4v) is 2.49. The molecule has 6 heteroatoms. The lowest BCUT2D eigenvalue weighted by molar-refractivity contribution is 0.315. The number of hydrogen-bond acceptors (Lipinski definition) is 6. The maximum atomic E-state index is 10.1. The Labute approximate surface area is 158 Å². The van der Waals surface area contributed by atoms with Crippen molar-refractivity contribution in [2.45, 2.75) is 20.3 Å². The maximum Gasteiger partial charge on any atom is 0.150 e. The van der Waals surface area contributed by atoms with Crippen molar-refractivity contribution >= 4 is 12.0 Å². The number of aromatic nitrogens is 2. The van der Waals surface area contributed by atoms with E-state index in [-0.39, 0.29) is 5.75 Å². The highest BCUT2D eigenvalue weighted by Crippen LogP contribution is 2.23. The fourth-order valence-electron chi connectivity index (χ4n) is 2.49. The second kappa shape index (κ2) is 8.80. The summed E-state index contributed by atoms with van der Waals surface area (Å²) in [5.41, 5.74) is 5.31. The third-order valence-corrected chi connectivity index (χ3v) is 3.76. The fraction of sp³-hybridized carbons (Fsp3) is 0.190. The summed E-state index contributed by atoms with van der Waals surface area (Å²) in [4.78, 5) is 8.80. The van der Waals surface area contributed by atoms with Crippen molar-refractivity contribution in [3.8, 4) is 22.8 Å². The van der Waals surface area contributed by atoms with E-state index in [1.807, 2.05) is 50.2 Å². The van der Waals surface area contributed by atoms with Gasteiger partial charge in [-0.2, -0.15) is 5.10 Å². The van der Waals surface area contributed by atoms with Crippen LogP contribution in [0.25, 0.3) is 11.3 Å². The predicted octanol–water partition coefficient (Wildman–Crippen LogP) is 4.39. The van der Waals surface area contributed by atoms with Crippen molar-refractivity contribution in [1.29, 1.82) is 0 Å². The van der Waals surface area contributed by atoms with Gasteiger partial charge >= 0.3 is 0 Å². The minimum atomic E-state index is 0.109. The van der Waals surface area contributed by atoms with Gasteiger partial charge in [0.15, 0.2) is 0 Å². The number of phenolic OH excluding ortho intramolecular Hbond substituents is 1. The second-order valence-corrected chi connectivity index (χ2v) is 5.99. The zero-order valence-corrected chi connectivity index (χ0v) is 15.4. The van der Waals surface area contributed by atoms with E-state index in [2.05, 4.69) is 20.5 Å². The van der Waals surface area contributed by atoms with E-state index in [0.29, 0.717) is 29.6 Å². The lowest BCUT2D eigenvalue weighted by Crippen LogP contribution is -1.99. The number of aryl methyl sites for hydroxylation is 1. The first-order valence-corrected chi connectivity index (χ1v) is 8.81. The van der Waals surface area contributed by atoms with Gasteiger partial charge in [-0.3, -0.25) is 5.43 Å². The highest BCUT2D eigenvalue weighted by molar-refractivity contribution is 5.84. The summed E-state index contributed by atoms with van der Waals surface area (Å²) in [5.74, 6) is 1.98. The Morgan fingerprint density at radius 2 is 1.93 bits per heavy atom. The topological polar surface area (TPSA) is 79.6 Å². The van der Waals surface area contributed by atoms with Crippen LogP contribution in [0.2, 0.25) is 0 Å². The van der Waals surface area contributed by atoms with Crippen molar-refractivity contribution in [2.24, 2.45) is 5.10 Å². The highest BCUT2D eigenvalue weighted by atomic mass is 16.5. The van der Waals surface area contributed by atoms with Crippen molar-refractivity contribution in [3.63, 3.8) is 0 Å². The number of nitrogens with one attached hydrogen (secondary N) is 1. The Bertz CT molecular complexity index is 927. The molecule has 6 nitrogen and oxygen atoms in total. The lowest BCUT2D eigenvalue weighted by atomic mass is 10.1. The molecule has 0 bridgehead atoms. The molecule has 3 aromatic rings. The van der Waals surface area contributed by atoms with Gasteiger partial charge in [-0.25, -0.2) is 9.97 Å². The summed E-state index contributed by atoms with van der Waals surface area (Å²) >= 11 is 0. The molecule has 0 aliphatic rings. The van der Waals surface area contributed by atoms with Crippen LogP contribution in [0.4, 0.5) is 5.82 Å². The van der Waals surface area contributed by atoms with Crippen LogP contribution in [-0.2, 0) is 0 Å². The molecule has 0 saturated heterocycles. The quantitative estimate of drug-likeness (QED) is 0.481. The number of benzene rings is 2. The number of rotatable bonds is 7. The Hall–Kier alpha value is -3.41. The molecule has 0 aliphatic heterocycles. The van der Waals surface area contributed by atoms with Crippen LogP contribution >= 0.6 is 0 Å². The van der Waals surface area contributed by atoms with Gasteiger partial charge in [-0.05, 0) is 25.5 Å². The van der Waals surface area contributed by atoms with E-state index in [9.17, 15) is 5.11 Å². The van der Waals surface area contributed by atoms with Crippen molar-refractivity contribution < 1.29 is 9.84 Å². The standard InChI is InChI=1S/C21H22N4O2/c1-3-11-27-18-10-9-17(20(26)12-18)14-22-25-21-13-19(23-15(2)24-21)16-7-5-4-6-8-16/h4-10,12-14,26H,3,11H2,1-2H3,(H,23,24,25). The van der Waals surface area contributed by atoms with E-state index in [1.165, 1.54) is 0 Å². The van der Waals surface area contributed by atoms with Gasteiger partial charge in [0.2, 0.25) is 0 Å². The lowest BCUT2D eigenvalue weighted by Gasteiger charge is -2.07. The number of anilines is 1. The number of ether oxygens (including phenoxy) is 1. The van der Waals surface area contributed by atoms with Crippen LogP contribution in [0.5, 0.6) is 11.5 Å². The monoisotopic (exact) mass is 362 g/mol. The first kappa shape index (κ1) is 18.4. The van der Waals surface area contributed by atoms with Gasteiger partial charge in [-0.1, -0.05) is 37.3 Å². The summed E-state index contributed by atoms with van der Waals surface area (Å²) in [7, 11) is 0. The molecule has 0 amide bonds. The molecule has 2 aromatic carbocycles. The summed E-state index contributed by atoms with van der Waals surface area (Å²) in [6.07, 6.45) is 2.45. The Morgan fingerprint density at radius 1 is 1.11 bits per heavy atom. The van der Waals surface area contributed by atoms with E-state index in [1.54, 1.807) is 24.4 Å². The minimum absolute atomic E-state index is 0.109. The Kier molecular flexibility index (Phi) is 5.99. The molecule has 1 heterocycles. The summed E-state index contributed by atoms with van der Waals surface area (Å²) in [6.45, 7) is 4.48. The third-order valence-electron chi connectivity index (χ3n) is 3.76. The van der Waals surface area contributed by atoms with Gasteiger partial charge in [-0.15, -0.1) is 0 Å². The van der Waals surface area contributed by atoms with Crippen LogP contribution in [0.1, 0.15) is 24.7 Å². The SMILES string of the molecule is CCCOc1ccc(C=NNc2cc(-c3ccccc3)nc(C)n2)c(O)c1. The molecule has 138 valence electrons. The van der Waals surface area contributed by atoms with Crippen molar-refractivity contribution in [2.75, 3.05) is 12.0 Å². The number of phenols is 1. The van der Waals surface area contributed by atoms with Gasteiger partial charge < -0.3 is 9.84 Å². The Morgan fingerprint density at radius 3 is 2.67 bits per heavy atom. The third kappa shape index (κ3) is 5.04. The first-order valence-electron chi connectivity index (χ1n) is 8.81. The summed E-state index contributed by atoms with van der Waals surface area (Å²) in [5, 5.41) is 14.3. The number of hydrogen-bond donors (Lipinski definition) is 2. The van der Waals surface area contributed by atoms with E-state index < -0.39 is 0 Å². The second-order valence-electron chi connectivity index (χ2n) is 5.99. The molecular weight excluding hydrogens is 340 g/mol. The molecule has 0 saturated carbocycles. The van der Waals surface area contributed by atoms with Gasteiger partial charge in [0.1, 0.15) is 23.1 Å². The zero-order valence-electron chi connectivity index (χ0n) is 15.4. The maximum absolute atomic E-state index is 10.1. The van der Waals surface area contributed by atoms with Gasteiger partial charge in [0, 0.05) is 23.3 Å². The zero-order chi connectivity index (χ0) is 19.1. The largest absolute Gasteiger partial charge is 0.507 e. The number of hydrazone groups is 1. The van der Waals surface area contributed by atoms with Crippen molar-refractivity contribution in [1.82, 2.24) is 9.97 Å². The molecule has 1 aromatic heterocycles. The van der Waals surface area contributed by atoms with E-state index in [4.69, 9.17) is 4.74 Å². The molecule has 0 radical (unpaired) electrons. The summed E-state index contributed by atoms with van der Waals surface area (Å²) in [6, 6.07) is 16.9. The molecule has 27 heavy (non-hydrogen) atoms. The molecule has 0 fully saturated rings. The van der Waals surface area contributed by atoms with Gasteiger partial charge in [0.25, 0.3) is 0 Å². The average molecular weight is 362 g/mol. The normalized spacial score (nSPS) is 10.9. The molecule has 0 aliphatic carbocycles. The molecule has 0 atom stereocenters. The highest BCUT2D eigenvalue weighted by Gasteiger charge is 2.04. The molecule has 0 spiro atoms. The van der Waals surface area contributed by atoms with E-state index >= 15 is 0 Å². The first-order chi connectivity index (χ1) is 13.2. The Balaban J connectivity index is 1.72. The van der Waals surface area contributed by atoms with Crippen molar-refractivity contribution in [3.05, 3.63) is 66.0 Å². The minimum Gasteiger partial charge on any atom is -0.507 e. The predicted molar refractivity (Wildman–Crippen MR) is 107 cm³/mol. The number of aromatic hydroxyl groups is 1. The van der Waals surface area contributed by atoms with E-state index in [0.717, 1.165) is 17.7 Å². The van der Waals surface area contributed by atoms with Crippen LogP contribution in [0.15, 0.2) is 59.7 Å².